The van der Waals surface area contributed by atoms with Crippen LogP contribution in [0, 0.1) is 17.7 Å². The first-order valence-electron chi connectivity index (χ1n) is 10.6. The number of hydrogen-bond acceptors (Lipinski definition) is 8. The molecule has 2 fully saturated rings. The Balaban J connectivity index is 1.56. The minimum absolute atomic E-state index is 0.0383. The molecule has 1 saturated carbocycles. The fourth-order valence-corrected chi connectivity index (χ4v) is 4.95. The molecule has 0 spiro atoms. The lowest BCUT2D eigenvalue weighted by atomic mass is 10.0. The van der Waals surface area contributed by atoms with E-state index in [9.17, 15) is 30.8 Å². The Labute approximate surface area is 196 Å². The van der Waals surface area contributed by atoms with Crippen LogP contribution in [-0.4, -0.2) is 47.6 Å². The molecule has 1 aliphatic carbocycles. The molecule has 186 valence electrons. The summed E-state index contributed by atoms with van der Waals surface area (Å²) in [6, 6.07) is 3.57. The topological polar surface area (TPSA) is 103 Å². The third-order valence-electron chi connectivity index (χ3n) is 6.07. The fraction of sp³-hybridized carbons (Fsp3) is 0.381. The van der Waals surface area contributed by atoms with Crippen molar-refractivity contribution in [2.24, 2.45) is 11.8 Å². The molecule has 1 saturated heterocycles. The predicted molar refractivity (Wildman–Crippen MR) is 113 cm³/mol. The first kappa shape index (κ1) is 23.3. The summed E-state index contributed by atoms with van der Waals surface area (Å²) >= 11 is 0. The molecule has 9 nitrogen and oxygen atoms in total. The number of hydrogen-bond donors (Lipinski definition) is 0. The van der Waals surface area contributed by atoms with Gasteiger partial charge in [0, 0.05) is 18.3 Å². The molecule has 14 heteroatoms. The molecule has 3 aromatic rings. The van der Waals surface area contributed by atoms with E-state index in [2.05, 4.69) is 14.3 Å². The number of benzene rings is 1. The first-order chi connectivity index (χ1) is 16.5. The van der Waals surface area contributed by atoms with Gasteiger partial charge in [-0.05, 0) is 49.4 Å². The number of rotatable bonds is 6. The number of carbonyl (C=O) groups excluding carboxylic acids is 1. The Morgan fingerprint density at radius 3 is 2.74 bits per heavy atom. The van der Waals surface area contributed by atoms with Crippen LogP contribution in [0.15, 0.2) is 36.7 Å². The molecular weight excluding hydrogens is 496 g/mol. The number of fused-ring (bicyclic) bond motifs is 2. The summed E-state index contributed by atoms with van der Waals surface area (Å²) in [6.45, 7) is 2.25. The zero-order chi connectivity index (χ0) is 25.1. The normalized spacial score (nSPS) is 21.7. The molecule has 2 aliphatic rings. The smallest absolute Gasteiger partial charge is 0.462 e. The SMILES string of the molecule is CCOC(=O)c1cnn2ccc(N3CC4CC4C3c3cc(F)ccc3OS(=O)(=O)C(F)(F)F)nc12. The van der Waals surface area contributed by atoms with Crippen LogP contribution in [0.25, 0.3) is 5.65 Å². The number of nitrogens with zero attached hydrogens (tertiary/aromatic N) is 4. The average molecular weight is 514 g/mol. The number of alkyl halides is 3. The summed E-state index contributed by atoms with van der Waals surface area (Å²) in [7, 11) is -5.96. The third kappa shape index (κ3) is 4.05. The molecular formula is C21H18F4N4O5S. The molecule has 3 heterocycles. The van der Waals surface area contributed by atoms with E-state index in [0.717, 1.165) is 24.6 Å². The van der Waals surface area contributed by atoms with Gasteiger partial charge in [-0.25, -0.2) is 18.7 Å². The molecule has 2 aromatic heterocycles. The van der Waals surface area contributed by atoms with Gasteiger partial charge in [0.15, 0.2) is 5.65 Å². The van der Waals surface area contributed by atoms with E-state index >= 15 is 0 Å². The van der Waals surface area contributed by atoms with Crippen molar-refractivity contribution in [2.45, 2.75) is 24.9 Å². The van der Waals surface area contributed by atoms with Gasteiger partial charge in [0.1, 0.15) is 22.9 Å². The Hall–Kier alpha value is -3.42. The number of piperidine rings is 1. The summed E-state index contributed by atoms with van der Waals surface area (Å²) in [4.78, 5) is 18.5. The monoisotopic (exact) mass is 514 g/mol. The molecule has 35 heavy (non-hydrogen) atoms. The van der Waals surface area contributed by atoms with Crippen molar-refractivity contribution >= 4 is 27.6 Å². The summed E-state index contributed by atoms with van der Waals surface area (Å²) in [6.07, 6.45) is 3.59. The van der Waals surface area contributed by atoms with Crippen molar-refractivity contribution < 1.29 is 39.7 Å². The van der Waals surface area contributed by atoms with E-state index in [1.807, 2.05) is 0 Å². The van der Waals surface area contributed by atoms with Crippen molar-refractivity contribution in [1.82, 2.24) is 14.6 Å². The van der Waals surface area contributed by atoms with E-state index in [1.54, 1.807) is 24.1 Å². The van der Waals surface area contributed by atoms with E-state index in [1.165, 1.54) is 10.7 Å². The Morgan fingerprint density at radius 1 is 1.26 bits per heavy atom. The lowest BCUT2D eigenvalue weighted by Gasteiger charge is -2.30. The van der Waals surface area contributed by atoms with Gasteiger partial charge in [-0.2, -0.15) is 26.7 Å². The highest BCUT2D eigenvalue weighted by Crippen LogP contribution is 2.58. The molecule has 3 atom stereocenters. The molecule has 0 amide bonds. The minimum atomic E-state index is -5.96. The predicted octanol–water partition coefficient (Wildman–Crippen LogP) is 3.47. The summed E-state index contributed by atoms with van der Waals surface area (Å²) in [5.41, 5.74) is -5.35. The maximum absolute atomic E-state index is 14.2. The lowest BCUT2D eigenvalue weighted by Crippen LogP contribution is -2.31. The zero-order valence-corrected chi connectivity index (χ0v) is 18.9. The van der Waals surface area contributed by atoms with Gasteiger partial charge < -0.3 is 13.8 Å². The standard InChI is InChI=1S/C21H18F4N4O5S/c1-2-33-20(30)15-9-26-29-6-5-17(27-19(15)29)28-10-11-7-13(11)18(28)14-8-12(22)3-4-16(14)34-35(31,32)21(23,24)25/h3-6,8-9,11,13,18H,2,7,10H2,1H3. The second kappa shape index (κ2) is 8.07. The van der Waals surface area contributed by atoms with Crippen LogP contribution in [-0.2, 0) is 14.9 Å². The van der Waals surface area contributed by atoms with Gasteiger partial charge in [0.05, 0.1) is 18.8 Å². The molecule has 0 N–H and O–H groups in total. The maximum atomic E-state index is 14.2. The molecule has 0 radical (unpaired) electrons. The Bertz CT molecular complexity index is 1420. The van der Waals surface area contributed by atoms with E-state index in [0.29, 0.717) is 12.4 Å². The summed E-state index contributed by atoms with van der Waals surface area (Å²) in [5, 5.41) is 4.07. The van der Waals surface area contributed by atoms with Crippen LogP contribution < -0.4 is 9.08 Å². The molecule has 0 bridgehead atoms. The van der Waals surface area contributed by atoms with Gasteiger partial charge in [-0.1, -0.05) is 0 Å². The molecule has 5 rings (SSSR count). The van der Waals surface area contributed by atoms with E-state index in [4.69, 9.17) is 4.74 Å². The van der Waals surface area contributed by atoms with Crippen LogP contribution in [0.5, 0.6) is 5.75 Å². The minimum Gasteiger partial charge on any atom is -0.462 e. The van der Waals surface area contributed by atoms with Crippen LogP contribution in [0.3, 0.4) is 0 Å². The second-order valence-corrected chi connectivity index (χ2v) is 9.79. The number of halogens is 4. The largest absolute Gasteiger partial charge is 0.534 e. The second-order valence-electron chi connectivity index (χ2n) is 8.25. The highest BCUT2D eigenvalue weighted by atomic mass is 32.2. The van der Waals surface area contributed by atoms with Crippen LogP contribution >= 0.6 is 0 Å². The zero-order valence-electron chi connectivity index (χ0n) is 18.1. The summed E-state index contributed by atoms with van der Waals surface area (Å²) < 4.78 is 87.2. The van der Waals surface area contributed by atoms with Gasteiger partial charge >= 0.3 is 21.6 Å². The Morgan fingerprint density at radius 2 is 2.03 bits per heavy atom. The highest BCUT2D eigenvalue weighted by molar-refractivity contribution is 7.88. The number of anilines is 1. The van der Waals surface area contributed by atoms with E-state index < -0.39 is 39.2 Å². The summed E-state index contributed by atoms with van der Waals surface area (Å²) in [5.74, 6) is -1.54. The van der Waals surface area contributed by atoms with E-state index in [-0.39, 0.29) is 35.2 Å². The van der Waals surface area contributed by atoms with Crippen molar-refractivity contribution in [1.29, 1.82) is 0 Å². The van der Waals surface area contributed by atoms with Crippen molar-refractivity contribution in [3.8, 4) is 5.75 Å². The Kier molecular flexibility index (Phi) is 5.38. The first-order valence-corrected chi connectivity index (χ1v) is 12.0. The quantitative estimate of drug-likeness (QED) is 0.213. The lowest BCUT2D eigenvalue weighted by molar-refractivity contribution is -0.0500. The fourth-order valence-electron chi connectivity index (χ4n) is 4.46. The van der Waals surface area contributed by atoms with Gasteiger partial charge in [-0.15, -0.1) is 0 Å². The molecule has 1 aromatic carbocycles. The van der Waals surface area contributed by atoms with Gasteiger partial charge in [0.25, 0.3) is 0 Å². The number of carbonyl (C=O) groups is 1. The van der Waals surface area contributed by atoms with Crippen molar-refractivity contribution in [3.63, 3.8) is 0 Å². The van der Waals surface area contributed by atoms with Crippen LogP contribution in [0.1, 0.15) is 35.3 Å². The average Bonchev–Trinajstić information content (AvgIpc) is 3.24. The van der Waals surface area contributed by atoms with Gasteiger partial charge in [0.2, 0.25) is 0 Å². The van der Waals surface area contributed by atoms with Crippen LogP contribution in [0.2, 0.25) is 0 Å². The third-order valence-corrected chi connectivity index (χ3v) is 7.03. The van der Waals surface area contributed by atoms with Gasteiger partial charge in [-0.3, -0.25) is 0 Å². The number of esters is 1. The van der Waals surface area contributed by atoms with Crippen molar-refractivity contribution in [3.05, 3.63) is 53.6 Å². The van der Waals surface area contributed by atoms with Crippen molar-refractivity contribution in [2.75, 3.05) is 18.1 Å². The van der Waals surface area contributed by atoms with Crippen LogP contribution in [0.4, 0.5) is 23.4 Å². The molecule has 1 aliphatic heterocycles. The maximum Gasteiger partial charge on any atom is 0.534 e. The number of aromatic nitrogens is 3. The molecule has 3 unspecified atom stereocenters. The number of ether oxygens (including phenoxy) is 1. The highest BCUT2D eigenvalue weighted by Gasteiger charge is 2.55.